The Balaban J connectivity index is 1.59. The Labute approximate surface area is 193 Å². The number of hydrogen-bond donors (Lipinski definition) is 2. The number of carboxylic acid groups (broad SMARTS) is 1. The highest BCUT2D eigenvalue weighted by molar-refractivity contribution is 5.67. The van der Waals surface area contributed by atoms with Crippen LogP contribution in [0.4, 0.5) is 0 Å². The number of methoxy groups -OCH3 is 1. The Hall–Kier alpha value is -3.97. The Morgan fingerprint density at radius 2 is 1.70 bits per heavy atom. The molecule has 0 aliphatic heterocycles. The maximum Gasteiger partial charge on any atom is 0.303 e. The van der Waals surface area contributed by atoms with Gasteiger partial charge >= 0.3 is 5.97 Å². The van der Waals surface area contributed by atoms with E-state index in [2.05, 4.69) is 5.48 Å². The van der Waals surface area contributed by atoms with Gasteiger partial charge in [-0.2, -0.15) is 0 Å². The van der Waals surface area contributed by atoms with Crippen LogP contribution in [0.25, 0.3) is 5.70 Å². The van der Waals surface area contributed by atoms with Gasteiger partial charge in [0.05, 0.1) is 14.2 Å². The molecular formula is C26H27NO6. The lowest BCUT2D eigenvalue weighted by Crippen LogP contribution is -2.11. The maximum atomic E-state index is 10.8. The van der Waals surface area contributed by atoms with Crippen molar-refractivity contribution in [3.8, 4) is 17.2 Å². The molecule has 7 heteroatoms. The summed E-state index contributed by atoms with van der Waals surface area (Å²) in [5, 5.41) is 8.87. The normalized spacial score (nSPS) is 11.0. The Bertz CT molecular complexity index is 1060. The standard InChI is InChI=1S/C26H27NO6/c1-30-25-16-23(14-10-21(25)11-15-26(28)29)32-17-19-8-12-22(13-9-19)33-18-24(27-31-2)20-6-4-3-5-7-20/h3-10,12-14,16,18,27H,11,15,17H2,1-2H3,(H,28,29). The largest absolute Gasteiger partial charge is 0.496 e. The van der Waals surface area contributed by atoms with Gasteiger partial charge in [-0.05, 0) is 35.7 Å². The second kappa shape index (κ2) is 12.2. The van der Waals surface area contributed by atoms with Gasteiger partial charge < -0.3 is 19.3 Å². The summed E-state index contributed by atoms with van der Waals surface area (Å²) in [6, 6.07) is 22.7. The molecule has 3 aromatic carbocycles. The molecule has 0 unspecified atom stereocenters. The summed E-state index contributed by atoms with van der Waals surface area (Å²) in [4.78, 5) is 15.8. The van der Waals surface area contributed by atoms with Crippen LogP contribution in [-0.2, 0) is 22.7 Å². The van der Waals surface area contributed by atoms with Crippen molar-refractivity contribution in [1.29, 1.82) is 0 Å². The average molecular weight is 450 g/mol. The number of hydroxylamine groups is 1. The Kier molecular flexibility index (Phi) is 8.73. The first-order valence-electron chi connectivity index (χ1n) is 10.4. The van der Waals surface area contributed by atoms with Crippen LogP contribution in [0.15, 0.2) is 79.1 Å². The highest BCUT2D eigenvalue weighted by Crippen LogP contribution is 2.26. The van der Waals surface area contributed by atoms with Gasteiger partial charge in [0, 0.05) is 18.1 Å². The summed E-state index contributed by atoms with van der Waals surface area (Å²) in [7, 11) is 3.10. The van der Waals surface area contributed by atoms with E-state index in [0.717, 1.165) is 16.7 Å². The molecule has 0 heterocycles. The van der Waals surface area contributed by atoms with Gasteiger partial charge in [-0.3, -0.25) is 15.1 Å². The third-order valence-electron chi connectivity index (χ3n) is 4.81. The van der Waals surface area contributed by atoms with Gasteiger partial charge in [0.15, 0.2) is 0 Å². The van der Waals surface area contributed by atoms with Crippen molar-refractivity contribution in [3.05, 3.63) is 95.7 Å². The van der Waals surface area contributed by atoms with Crippen LogP contribution in [0.5, 0.6) is 17.2 Å². The molecule has 3 rings (SSSR count). The lowest BCUT2D eigenvalue weighted by molar-refractivity contribution is -0.136. The van der Waals surface area contributed by atoms with Crippen molar-refractivity contribution in [2.45, 2.75) is 19.4 Å². The van der Waals surface area contributed by atoms with Crippen molar-refractivity contribution in [3.63, 3.8) is 0 Å². The molecule has 0 aliphatic rings. The van der Waals surface area contributed by atoms with Crippen LogP contribution in [-0.4, -0.2) is 25.3 Å². The molecule has 3 aromatic rings. The first kappa shape index (κ1) is 23.7. The molecule has 172 valence electrons. The molecule has 7 nitrogen and oxygen atoms in total. The summed E-state index contributed by atoms with van der Waals surface area (Å²) < 4.78 is 17.0. The summed E-state index contributed by atoms with van der Waals surface area (Å²) in [5.41, 5.74) is 6.27. The van der Waals surface area contributed by atoms with Crippen molar-refractivity contribution < 1.29 is 28.9 Å². The van der Waals surface area contributed by atoms with Crippen LogP contribution < -0.4 is 19.7 Å². The van der Waals surface area contributed by atoms with E-state index in [9.17, 15) is 4.79 Å². The molecule has 0 spiro atoms. The number of nitrogens with one attached hydrogen (secondary N) is 1. The Morgan fingerprint density at radius 3 is 2.36 bits per heavy atom. The van der Waals surface area contributed by atoms with Crippen LogP contribution in [0.1, 0.15) is 23.1 Å². The first-order chi connectivity index (χ1) is 16.1. The molecule has 0 radical (unpaired) electrons. The number of benzene rings is 3. The second-order valence-corrected chi connectivity index (χ2v) is 7.12. The van der Waals surface area contributed by atoms with E-state index < -0.39 is 5.97 Å². The van der Waals surface area contributed by atoms with Gasteiger partial charge in [0.1, 0.15) is 35.8 Å². The fourth-order valence-corrected chi connectivity index (χ4v) is 3.10. The van der Waals surface area contributed by atoms with Crippen LogP contribution >= 0.6 is 0 Å². The quantitative estimate of drug-likeness (QED) is 0.303. The molecule has 33 heavy (non-hydrogen) atoms. The summed E-state index contributed by atoms with van der Waals surface area (Å²) in [6.45, 7) is 0.369. The first-order valence-corrected chi connectivity index (χ1v) is 10.4. The fraction of sp³-hybridized carbons (Fsp3) is 0.192. The number of ether oxygens (including phenoxy) is 3. The number of carboxylic acids is 1. The summed E-state index contributed by atoms with van der Waals surface area (Å²) >= 11 is 0. The number of aryl methyl sites for hydroxylation is 1. The van der Waals surface area contributed by atoms with Crippen molar-refractivity contribution in [2.75, 3.05) is 14.2 Å². The van der Waals surface area contributed by atoms with E-state index in [4.69, 9.17) is 24.2 Å². The summed E-state index contributed by atoms with van der Waals surface area (Å²) in [6.07, 6.45) is 2.05. The van der Waals surface area contributed by atoms with Gasteiger partial charge in [-0.15, -0.1) is 0 Å². The molecule has 0 aromatic heterocycles. The number of aliphatic carboxylic acids is 1. The Morgan fingerprint density at radius 1 is 0.970 bits per heavy atom. The highest BCUT2D eigenvalue weighted by Gasteiger charge is 2.08. The molecule has 0 bridgehead atoms. The molecule has 0 saturated carbocycles. The molecule has 2 N–H and O–H groups in total. The lowest BCUT2D eigenvalue weighted by Gasteiger charge is -2.12. The summed E-state index contributed by atoms with van der Waals surface area (Å²) in [5.74, 6) is 1.09. The minimum atomic E-state index is -0.841. The molecule has 0 fully saturated rings. The SMILES string of the molecule is CONC(=COc1ccc(COc2ccc(CCC(=O)O)c(OC)c2)cc1)c1ccccc1. The molecule has 0 atom stereocenters. The van der Waals surface area contributed by atoms with Crippen molar-refractivity contribution >= 4 is 11.7 Å². The smallest absolute Gasteiger partial charge is 0.303 e. The van der Waals surface area contributed by atoms with Gasteiger partial charge in [0.2, 0.25) is 0 Å². The van der Waals surface area contributed by atoms with E-state index in [1.807, 2.05) is 66.7 Å². The van der Waals surface area contributed by atoms with Crippen LogP contribution in [0, 0.1) is 0 Å². The zero-order valence-electron chi connectivity index (χ0n) is 18.6. The van der Waals surface area contributed by atoms with Crippen LogP contribution in [0.2, 0.25) is 0 Å². The highest BCUT2D eigenvalue weighted by atomic mass is 16.6. The number of hydrogen-bond acceptors (Lipinski definition) is 6. The predicted molar refractivity (Wildman–Crippen MR) is 125 cm³/mol. The average Bonchev–Trinajstić information content (AvgIpc) is 2.85. The monoisotopic (exact) mass is 449 g/mol. The van der Waals surface area contributed by atoms with Gasteiger partial charge in [-0.25, -0.2) is 0 Å². The third kappa shape index (κ3) is 7.29. The predicted octanol–water partition coefficient (Wildman–Crippen LogP) is 4.82. The van der Waals surface area contributed by atoms with Gasteiger partial charge in [0.25, 0.3) is 0 Å². The third-order valence-corrected chi connectivity index (χ3v) is 4.81. The molecule has 0 saturated heterocycles. The van der Waals surface area contributed by atoms with E-state index in [1.54, 1.807) is 26.5 Å². The molecular weight excluding hydrogens is 422 g/mol. The van der Waals surface area contributed by atoms with E-state index in [-0.39, 0.29) is 6.42 Å². The minimum Gasteiger partial charge on any atom is -0.496 e. The van der Waals surface area contributed by atoms with Gasteiger partial charge in [-0.1, -0.05) is 48.5 Å². The second-order valence-electron chi connectivity index (χ2n) is 7.12. The zero-order valence-corrected chi connectivity index (χ0v) is 18.6. The maximum absolute atomic E-state index is 10.8. The molecule has 0 aliphatic carbocycles. The van der Waals surface area contributed by atoms with Crippen LogP contribution in [0.3, 0.4) is 0 Å². The minimum absolute atomic E-state index is 0.0501. The fourth-order valence-electron chi connectivity index (χ4n) is 3.10. The zero-order chi connectivity index (χ0) is 23.5. The molecule has 0 amide bonds. The topological polar surface area (TPSA) is 86.2 Å². The number of rotatable bonds is 12. The lowest BCUT2D eigenvalue weighted by atomic mass is 10.1. The van der Waals surface area contributed by atoms with E-state index >= 15 is 0 Å². The van der Waals surface area contributed by atoms with Crippen molar-refractivity contribution in [1.82, 2.24) is 5.48 Å². The number of carbonyl (C=O) groups is 1. The van der Waals surface area contributed by atoms with E-state index in [1.165, 1.54) is 0 Å². The van der Waals surface area contributed by atoms with E-state index in [0.29, 0.717) is 36.0 Å². The van der Waals surface area contributed by atoms with Crippen molar-refractivity contribution in [2.24, 2.45) is 0 Å².